The highest BCUT2D eigenvalue weighted by Crippen LogP contribution is 2.29. The first-order valence-electron chi connectivity index (χ1n) is 12.8. The molecule has 3 aromatic heterocycles. The summed E-state index contributed by atoms with van der Waals surface area (Å²) in [7, 11) is 0. The Balaban J connectivity index is 1.18. The number of aromatic amines is 1. The molecule has 2 unspecified atom stereocenters. The van der Waals surface area contributed by atoms with Gasteiger partial charge in [-0.15, -0.1) is 10.2 Å². The van der Waals surface area contributed by atoms with E-state index in [-0.39, 0.29) is 0 Å². The molecule has 0 aliphatic carbocycles. The number of aromatic nitrogens is 6. The number of nitrogens with one attached hydrogen (secondary N) is 2. The number of piperazine rings is 1. The topological polar surface area (TPSA) is 79.6 Å². The summed E-state index contributed by atoms with van der Waals surface area (Å²) in [6.45, 7) is 4.01. The molecular formula is C28H32N8. The molecule has 2 atom stereocenters. The van der Waals surface area contributed by atoms with E-state index in [9.17, 15) is 0 Å². The highest BCUT2D eigenvalue weighted by molar-refractivity contribution is 5.85. The fourth-order valence-electron chi connectivity index (χ4n) is 5.52. The average molecular weight is 481 g/mol. The Labute approximate surface area is 211 Å². The summed E-state index contributed by atoms with van der Waals surface area (Å²) in [5, 5.41) is 12.8. The largest absolute Gasteiger partial charge is 0.361 e. The van der Waals surface area contributed by atoms with Gasteiger partial charge in [0.25, 0.3) is 0 Å². The van der Waals surface area contributed by atoms with E-state index in [1.54, 1.807) is 12.7 Å². The van der Waals surface area contributed by atoms with E-state index in [1.807, 2.05) is 17.1 Å². The Bertz CT molecular complexity index is 1360. The highest BCUT2D eigenvalue weighted by atomic mass is 15.3. The van der Waals surface area contributed by atoms with Crippen LogP contribution >= 0.6 is 0 Å². The predicted octanol–water partition coefficient (Wildman–Crippen LogP) is 3.98. The average Bonchev–Trinajstić information content (AvgIpc) is 3.71. The number of nitrogens with zero attached hydrogens (tertiary/aromatic N) is 6. The van der Waals surface area contributed by atoms with Gasteiger partial charge in [-0.2, -0.15) is 0 Å². The molecule has 184 valence electrons. The maximum absolute atomic E-state index is 4.28. The molecule has 6 rings (SSSR count). The van der Waals surface area contributed by atoms with Gasteiger partial charge in [0.05, 0.1) is 12.4 Å². The normalized spacial score (nSPS) is 17.5. The minimum atomic E-state index is 0.326. The third-order valence-electron chi connectivity index (χ3n) is 7.37. The van der Waals surface area contributed by atoms with E-state index in [1.165, 1.54) is 22.0 Å². The molecule has 36 heavy (non-hydrogen) atoms. The molecule has 0 bridgehead atoms. The Morgan fingerprint density at radius 3 is 2.75 bits per heavy atom. The van der Waals surface area contributed by atoms with Gasteiger partial charge in [-0.25, -0.2) is 4.98 Å². The summed E-state index contributed by atoms with van der Waals surface area (Å²) in [6.07, 6.45) is 14.9. The lowest BCUT2D eigenvalue weighted by Crippen LogP contribution is -2.53. The minimum absolute atomic E-state index is 0.326. The van der Waals surface area contributed by atoms with Crippen LogP contribution in [0.1, 0.15) is 30.0 Å². The molecule has 1 aliphatic rings. The Kier molecular flexibility index (Phi) is 6.60. The molecule has 1 fully saturated rings. The molecule has 0 spiro atoms. The second kappa shape index (κ2) is 10.5. The number of aryl methyl sites for hydroxylation is 1. The van der Waals surface area contributed by atoms with Gasteiger partial charge in [0, 0.05) is 67.4 Å². The highest BCUT2D eigenvalue weighted by Gasteiger charge is 2.29. The van der Waals surface area contributed by atoms with Crippen LogP contribution < -0.4 is 5.32 Å². The number of hydrogen-bond donors (Lipinski definition) is 2. The number of fused-ring (bicyclic) bond motifs is 1. The molecule has 4 heterocycles. The molecule has 1 saturated heterocycles. The molecular weight excluding hydrogens is 448 g/mol. The zero-order valence-corrected chi connectivity index (χ0v) is 20.4. The van der Waals surface area contributed by atoms with Crippen LogP contribution in [-0.2, 0) is 13.0 Å². The van der Waals surface area contributed by atoms with Crippen LogP contribution in [0.15, 0.2) is 86.1 Å². The van der Waals surface area contributed by atoms with Gasteiger partial charge in [-0.3, -0.25) is 9.47 Å². The van der Waals surface area contributed by atoms with Crippen molar-refractivity contribution < 1.29 is 0 Å². The summed E-state index contributed by atoms with van der Waals surface area (Å²) in [5.41, 5.74) is 5.00. The molecule has 8 heteroatoms. The lowest BCUT2D eigenvalue weighted by molar-refractivity contribution is 0.0877. The van der Waals surface area contributed by atoms with Gasteiger partial charge in [0.1, 0.15) is 12.7 Å². The predicted molar refractivity (Wildman–Crippen MR) is 141 cm³/mol. The van der Waals surface area contributed by atoms with Gasteiger partial charge in [0.2, 0.25) is 0 Å². The number of rotatable bonds is 9. The van der Waals surface area contributed by atoms with E-state index in [0.717, 1.165) is 51.1 Å². The van der Waals surface area contributed by atoms with Crippen molar-refractivity contribution in [3.63, 3.8) is 0 Å². The molecule has 1 aliphatic heterocycles. The summed E-state index contributed by atoms with van der Waals surface area (Å²) < 4.78 is 4.15. The van der Waals surface area contributed by atoms with E-state index < -0.39 is 0 Å². The lowest BCUT2D eigenvalue weighted by atomic mass is 9.97. The van der Waals surface area contributed by atoms with Crippen LogP contribution in [0.2, 0.25) is 0 Å². The quantitative estimate of drug-likeness (QED) is 0.334. The lowest BCUT2D eigenvalue weighted by Gasteiger charge is -2.42. The second-order valence-corrected chi connectivity index (χ2v) is 9.59. The molecule has 0 amide bonds. The zero-order chi connectivity index (χ0) is 24.2. The second-order valence-electron chi connectivity index (χ2n) is 9.59. The van der Waals surface area contributed by atoms with E-state index >= 15 is 0 Å². The summed E-state index contributed by atoms with van der Waals surface area (Å²) in [5.74, 6) is 0. The van der Waals surface area contributed by atoms with Crippen molar-refractivity contribution in [1.29, 1.82) is 0 Å². The van der Waals surface area contributed by atoms with Crippen molar-refractivity contribution in [2.24, 2.45) is 0 Å². The fourth-order valence-corrected chi connectivity index (χ4v) is 5.52. The third kappa shape index (κ3) is 4.82. The maximum atomic E-state index is 4.28. The van der Waals surface area contributed by atoms with Crippen LogP contribution in [0, 0.1) is 0 Å². The number of imidazole rings is 1. The summed E-state index contributed by atoms with van der Waals surface area (Å²) >= 11 is 0. The van der Waals surface area contributed by atoms with Gasteiger partial charge >= 0.3 is 0 Å². The van der Waals surface area contributed by atoms with E-state index in [0.29, 0.717) is 12.1 Å². The summed E-state index contributed by atoms with van der Waals surface area (Å²) in [6, 6.07) is 18.2. The van der Waals surface area contributed by atoms with Crippen LogP contribution in [0.4, 0.5) is 0 Å². The SMILES string of the molecule is c1ccc(C(Cn2ccnc2)N2CCNCC2CCCc2c[nH]c3ccc(-n4cnnc4)cc23)cc1. The first-order valence-corrected chi connectivity index (χ1v) is 12.8. The third-order valence-corrected chi connectivity index (χ3v) is 7.37. The Hall–Kier alpha value is -3.75. The number of hydrogen-bond acceptors (Lipinski definition) is 5. The van der Waals surface area contributed by atoms with Crippen molar-refractivity contribution in [2.75, 3.05) is 19.6 Å². The van der Waals surface area contributed by atoms with Crippen molar-refractivity contribution in [2.45, 2.75) is 37.9 Å². The molecule has 5 aromatic rings. The van der Waals surface area contributed by atoms with Crippen molar-refractivity contribution in [3.8, 4) is 5.69 Å². The first kappa shape index (κ1) is 22.7. The minimum Gasteiger partial charge on any atom is -0.361 e. The van der Waals surface area contributed by atoms with E-state index in [4.69, 9.17) is 0 Å². The first-order chi connectivity index (χ1) is 17.8. The summed E-state index contributed by atoms with van der Waals surface area (Å²) in [4.78, 5) is 10.4. The molecule has 0 saturated carbocycles. The fraction of sp³-hybridized carbons (Fsp3) is 0.321. The van der Waals surface area contributed by atoms with Gasteiger partial charge < -0.3 is 14.9 Å². The van der Waals surface area contributed by atoms with Crippen molar-refractivity contribution >= 4 is 10.9 Å². The maximum Gasteiger partial charge on any atom is 0.123 e. The monoisotopic (exact) mass is 480 g/mol. The smallest absolute Gasteiger partial charge is 0.123 e. The molecule has 2 N–H and O–H groups in total. The molecule has 0 radical (unpaired) electrons. The Morgan fingerprint density at radius 1 is 1.03 bits per heavy atom. The Morgan fingerprint density at radius 2 is 1.92 bits per heavy atom. The van der Waals surface area contributed by atoms with Gasteiger partial charge in [-0.1, -0.05) is 30.3 Å². The van der Waals surface area contributed by atoms with Crippen molar-refractivity contribution in [3.05, 3.63) is 97.2 Å². The zero-order valence-electron chi connectivity index (χ0n) is 20.4. The van der Waals surface area contributed by atoms with Crippen LogP contribution in [0.5, 0.6) is 0 Å². The molecule has 2 aromatic carbocycles. The number of benzene rings is 2. The molecule has 8 nitrogen and oxygen atoms in total. The number of H-pyrrole nitrogens is 1. The van der Waals surface area contributed by atoms with Crippen LogP contribution in [0.25, 0.3) is 16.6 Å². The standard InChI is InChI=1S/C28H32N8/c1-2-5-22(6-3-1)28(18-34-13-11-30-19-34)36-14-12-29-17-25(36)8-4-7-23-16-31-27-10-9-24(15-26(23)27)35-20-32-33-21-35/h1-3,5-6,9-11,13,15-16,19-21,25,28-29,31H,4,7-8,12,14,17-18H2. The van der Waals surface area contributed by atoms with Gasteiger partial charge in [0.15, 0.2) is 0 Å². The van der Waals surface area contributed by atoms with Crippen LogP contribution in [-0.4, -0.2) is 59.9 Å². The van der Waals surface area contributed by atoms with Crippen molar-refractivity contribution in [1.82, 2.24) is 39.5 Å². The van der Waals surface area contributed by atoms with Crippen LogP contribution in [0.3, 0.4) is 0 Å². The van der Waals surface area contributed by atoms with Gasteiger partial charge in [-0.05, 0) is 48.6 Å². The van der Waals surface area contributed by atoms with E-state index in [2.05, 4.69) is 95.9 Å².